The first kappa shape index (κ1) is 18.9. The fourth-order valence-electron chi connectivity index (χ4n) is 2.91. The van der Waals surface area contributed by atoms with Gasteiger partial charge in [0.15, 0.2) is 0 Å². The average Bonchev–Trinajstić information content (AvgIpc) is 2.92. The molecule has 21 heavy (non-hydrogen) atoms. The molecule has 1 saturated carbocycles. The van der Waals surface area contributed by atoms with Crippen molar-refractivity contribution in [3.05, 3.63) is 0 Å². The Kier molecular flexibility index (Phi) is 8.21. The molecule has 0 saturated heterocycles. The highest BCUT2D eigenvalue weighted by Gasteiger charge is 2.35. The average molecular weight is 319 g/mol. The Labute approximate surface area is 131 Å². The fourth-order valence-corrected chi connectivity index (χ4v) is 4.69. The Morgan fingerprint density at radius 1 is 1.19 bits per heavy atom. The van der Waals surface area contributed by atoms with Crippen molar-refractivity contribution in [2.24, 2.45) is 5.92 Å². The second-order valence-electron chi connectivity index (χ2n) is 6.79. The lowest BCUT2D eigenvalue weighted by atomic mass is 10.1. The molecule has 4 nitrogen and oxygen atoms in total. The number of hydrogen-bond donors (Lipinski definition) is 1. The predicted octanol–water partition coefficient (Wildman–Crippen LogP) is 3.00. The summed E-state index contributed by atoms with van der Waals surface area (Å²) < 4.78 is 27.7. The van der Waals surface area contributed by atoms with Crippen molar-refractivity contribution in [1.29, 1.82) is 0 Å². The Morgan fingerprint density at radius 2 is 1.81 bits per heavy atom. The van der Waals surface area contributed by atoms with Gasteiger partial charge in [-0.2, -0.15) is 4.31 Å². The normalized spacial score (nSPS) is 18.8. The summed E-state index contributed by atoms with van der Waals surface area (Å²) in [5.74, 6) is 0.539. The molecule has 1 aliphatic rings. The lowest BCUT2D eigenvalue weighted by Gasteiger charge is -2.31. The van der Waals surface area contributed by atoms with E-state index in [1.54, 1.807) is 0 Å². The molecule has 0 bridgehead atoms. The van der Waals surface area contributed by atoms with Crippen molar-refractivity contribution in [2.75, 3.05) is 19.6 Å². The Bertz CT molecular complexity index is 376. The van der Waals surface area contributed by atoms with E-state index in [2.05, 4.69) is 26.1 Å². The molecule has 1 rings (SSSR count). The maximum atomic E-state index is 12.9. The van der Waals surface area contributed by atoms with E-state index in [1.165, 1.54) is 12.8 Å². The molecule has 126 valence electrons. The zero-order valence-electron chi connectivity index (χ0n) is 14.3. The highest BCUT2D eigenvalue weighted by molar-refractivity contribution is 7.89. The summed E-state index contributed by atoms with van der Waals surface area (Å²) in [6.07, 6.45) is 6.39. The maximum absolute atomic E-state index is 12.9. The number of nitrogens with one attached hydrogen (secondary N) is 1. The van der Waals surface area contributed by atoms with Crippen LogP contribution in [0.4, 0.5) is 0 Å². The van der Waals surface area contributed by atoms with Gasteiger partial charge in [0.05, 0.1) is 5.25 Å². The maximum Gasteiger partial charge on any atom is 0.218 e. The molecule has 0 heterocycles. The van der Waals surface area contributed by atoms with Gasteiger partial charge in [0.25, 0.3) is 0 Å². The van der Waals surface area contributed by atoms with Crippen LogP contribution in [0.3, 0.4) is 0 Å². The van der Waals surface area contributed by atoms with E-state index in [0.29, 0.717) is 19.0 Å². The summed E-state index contributed by atoms with van der Waals surface area (Å²) in [5, 5.41) is 2.91. The third-order valence-electron chi connectivity index (χ3n) is 4.35. The molecular formula is C16H34N2O2S. The second-order valence-corrected chi connectivity index (χ2v) is 9.09. The van der Waals surface area contributed by atoms with Crippen LogP contribution in [0.25, 0.3) is 0 Å². The third-order valence-corrected chi connectivity index (χ3v) is 6.67. The van der Waals surface area contributed by atoms with E-state index in [-0.39, 0.29) is 11.3 Å². The smallest absolute Gasteiger partial charge is 0.218 e. The first-order chi connectivity index (χ1) is 9.89. The number of hydrogen-bond acceptors (Lipinski definition) is 3. The molecule has 5 heteroatoms. The van der Waals surface area contributed by atoms with Gasteiger partial charge in [-0.25, -0.2) is 8.42 Å². The van der Waals surface area contributed by atoms with Gasteiger partial charge in [0, 0.05) is 19.1 Å². The molecule has 0 radical (unpaired) electrons. The van der Waals surface area contributed by atoms with Gasteiger partial charge in [-0.05, 0) is 45.1 Å². The van der Waals surface area contributed by atoms with Gasteiger partial charge in [-0.1, -0.05) is 33.6 Å². The molecule has 1 fully saturated rings. The van der Waals surface area contributed by atoms with Crippen LogP contribution < -0.4 is 5.32 Å². The predicted molar refractivity (Wildman–Crippen MR) is 90.0 cm³/mol. The quantitative estimate of drug-likeness (QED) is 0.630. The third kappa shape index (κ3) is 5.87. The van der Waals surface area contributed by atoms with Crippen molar-refractivity contribution in [3.8, 4) is 0 Å². The largest absolute Gasteiger partial charge is 0.315 e. The van der Waals surface area contributed by atoms with E-state index >= 15 is 0 Å². The number of rotatable bonds is 10. The van der Waals surface area contributed by atoms with Crippen LogP contribution in [0.2, 0.25) is 0 Å². The standard InChI is InChI=1S/C16H34N2O2S/c1-5-11-17-13-15(4)21(19,20)18(12-10-14(2)3)16-8-6-7-9-16/h14-17H,5-13H2,1-4H3. The SMILES string of the molecule is CCCNCC(C)S(=O)(=O)N(CCC(C)C)C1CCCC1. The Hall–Kier alpha value is -0.130. The van der Waals surface area contributed by atoms with Crippen molar-refractivity contribution in [1.82, 2.24) is 9.62 Å². The summed E-state index contributed by atoms with van der Waals surface area (Å²) in [5.41, 5.74) is 0. The van der Waals surface area contributed by atoms with Crippen molar-refractivity contribution in [2.45, 2.75) is 77.5 Å². The van der Waals surface area contributed by atoms with Gasteiger partial charge < -0.3 is 5.32 Å². The molecule has 1 unspecified atom stereocenters. The molecule has 0 aliphatic heterocycles. The highest BCUT2D eigenvalue weighted by Crippen LogP contribution is 2.27. The van der Waals surface area contributed by atoms with Crippen molar-refractivity contribution in [3.63, 3.8) is 0 Å². The van der Waals surface area contributed by atoms with E-state index in [1.807, 2.05) is 11.2 Å². The molecular weight excluding hydrogens is 284 g/mol. The van der Waals surface area contributed by atoms with Gasteiger partial charge in [-0.3, -0.25) is 0 Å². The van der Waals surface area contributed by atoms with Crippen molar-refractivity contribution >= 4 is 10.0 Å². The first-order valence-corrected chi connectivity index (χ1v) is 10.1. The van der Waals surface area contributed by atoms with E-state index < -0.39 is 10.0 Å². The van der Waals surface area contributed by atoms with Crippen LogP contribution in [0.1, 0.15) is 66.2 Å². The van der Waals surface area contributed by atoms with E-state index in [9.17, 15) is 8.42 Å². The zero-order valence-corrected chi connectivity index (χ0v) is 15.1. The fraction of sp³-hybridized carbons (Fsp3) is 1.00. The molecule has 0 aromatic heterocycles. The van der Waals surface area contributed by atoms with Crippen LogP contribution in [-0.4, -0.2) is 43.6 Å². The minimum Gasteiger partial charge on any atom is -0.315 e. The van der Waals surface area contributed by atoms with E-state index in [0.717, 1.165) is 32.2 Å². The number of sulfonamides is 1. The minimum atomic E-state index is -3.19. The topological polar surface area (TPSA) is 49.4 Å². The van der Waals surface area contributed by atoms with Gasteiger partial charge in [-0.15, -0.1) is 0 Å². The Morgan fingerprint density at radius 3 is 2.33 bits per heavy atom. The molecule has 1 atom stereocenters. The van der Waals surface area contributed by atoms with Gasteiger partial charge in [0.1, 0.15) is 0 Å². The lowest BCUT2D eigenvalue weighted by Crippen LogP contribution is -2.47. The summed E-state index contributed by atoms with van der Waals surface area (Å²) in [7, 11) is -3.19. The highest BCUT2D eigenvalue weighted by atomic mass is 32.2. The monoisotopic (exact) mass is 318 g/mol. The molecule has 1 N–H and O–H groups in total. The van der Waals surface area contributed by atoms with Crippen LogP contribution in [0.15, 0.2) is 0 Å². The molecule has 0 aromatic carbocycles. The lowest BCUT2D eigenvalue weighted by molar-refractivity contribution is 0.301. The van der Waals surface area contributed by atoms with Crippen LogP contribution in [0, 0.1) is 5.92 Å². The van der Waals surface area contributed by atoms with Crippen molar-refractivity contribution < 1.29 is 8.42 Å². The summed E-state index contributed by atoms with van der Waals surface area (Å²) >= 11 is 0. The second kappa shape index (κ2) is 9.11. The van der Waals surface area contributed by atoms with Crippen LogP contribution >= 0.6 is 0 Å². The Balaban J connectivity index is 2.73. The molecule has 1 aliphatic carbocycles. The number of nitrogens with zero attached hydrogens (tertiary/aromatic N) is 1. The summed E-state index contributed by atoms with van der Waals surface area (Å²) in [4.78, 5) is 0. The van der Waals surface area contributed by atoms with Crippen LogP contribution in [0.5, 0.6) is 0 Å². The summed E-state index contributed by atoms with van der Waals surface area (Å²) in [6, 6.07) is 0.238. The molecule has 0 aromatic rings. The molecule has 0 spiro atoms. The van der Waals surface area contributed by atoms with Gasteiger partial charge in [0.2, 0.25) is 10.0 Å². The zero-order chi connectivity index (χ0) is 15.9. The van der Waals surface area contributed by atoms with Gasteiger partial charge >= 0.3 is 0 Å². The minimum absolute atomic E-state index is 0.238. The first-order valence-electron chi connectivity index (χ1n) is 8.61. The summed E-state index contributed by atoms with van der Waals surface area (Å²) in [6.45, 7) is 10.4. The van der Waals surface area contributed by atoms with Crippen LogP contribution in [-0.2, 0) is 10.0 Å². The van der Waals surface area contributed by atoms with E-state index in [4.69, 9.17) is 0 Å². The molecule has 0 amide bonds.